The van der Waals surface area contributed by atoms with E-state index in [9.17, 15) is 0 Å². The molecule has 0 fully saturated rings. The Labute approximate surface area is 284 Å². The third-order valence-corrected chi connectivity index (χ3v) is 11.0. The fourth-order valence-electron chi connectivity index (χ4n) is 7.65. The molecule has 0 amide bonds. The normalized spacial score (nSPS) is 12.1. The van der Waals surface area contributed by atoms with E-state index < -0.39 is 0 Å². The van der Waals surface area contributed by atoms with Gasteiger partial charge in [-0.05, 0) is 30.3 Å². The first-order valence-corrected chi connectivity index (χ1v) is 17.2. The minimum Gasteiger partial charge on any atom is -0.308 e. The maximum Gasteiger partial charge on any atom is 0.235 e. The number of hydrogen-bond acceptors (Lipinski definition) is 4. The fraction of sp³-hybridized carbons (Fsp3) is 0. The molecule has 0 unspecified atom stereocenters. The average molecular weight is 644 g/mol. The number of nitrogens with zero attached hydrogens (tertiary/aromatic N) is 5. The average Bonchev–Trinajstić information content (AvgIpc) is 3.82. The van der Waals surface area contributed by atoms with E-state index in [1.165, 1.54) is 42.0 Å². The highest BCUT2D eigenvalue weighted by Crippen LogP contribution is 2.47. The molecule has 0 saturated carbocycles. The van der Waals surface area contributed by atoms with Gasteiger partial charge in [-0.2, -0.15) is 0 Å². The zero-order chi connectivity index (χ0) is 32.1. The van der Waals surface area contributed by atoms with Crippen molar-refractivity contribution in [1.82, 2.24) is 24.1 Å². The summed E-state index contributed by atoms with van der Waals surface area (Å²) in [7, 11) is 0. The molecule has 49 heavy (non-hydrogen) atoms. The molecule has 11 aromatic rings. The largest absolute Gasteiger partial charge is 0.308 e. The van der Waals surface area contributed by atoms with Crippen LogP contribution < -0.4 is 0 Å². The third kappa shape index (κ3) is 3.72. The van der Waals surface area contributed by atoms with Crippen molar-refractivity contribution in [1.29, 1.82) is 0 Å². The summed E-state index contributed by atoms with van der Waals surface area (Å²) in [6.45, 7) is 0. The van der Waals surface area contributed by atoms with Crippen molar-refractivity contribution in [3.63, 3.8) is 0 Å². The lowest BCUT2D eigenvalue weighted by molar-refractivity contribution is 1.02. The highest BCUT2D eigenvalue weighted by molar-refractivity contribution is 7.27. The molecule has 5 aromatic heterocycles. The third-order valence-electron chi connectivity index (χ3n) is 9.77. The molecule has 0 aliphatic carbocycles. The number of fused-ring (bicyclic) bond motifs is 12. The summed E-state index contributed by atoms with van der Waals surface area (Å²) in [5.74, 6) is 0.648. The summed E-state index contributed by atoms with van der Waals surface area (Å²) in [6.07, 6.45) is 1.92. The van der Waals surface area contributed by atoms with E-state index in [2.05, 4.69) is 137 Å². The van der Waals surface area contributed by atoms with Gasteiger partial charge in [0, 0.05) is 49.8 Å². The summed E-state index contributed by atoms with van der Waals surface area (Å²) in [6, 6.07) is 51.3. The first-order valence-electron chi connectivity index (χ1n) is 16.4. The topological polar surface area (TPSA) is 48.5 Å². The molecule has 5 heterocycles. The predicted octanol–water partition coefficient (Wildman–Crippen LogP) is 11.3. The van der Waals surface area contributed by atoms with Crippen LogP contribution in [-0.2, 0) is 0 Å². The van der Waals surface area contributed by atoms with Crippen LogP contribution in [0.2, 0.25) is 0 Å². The van der Waals surface area contributed by atoms with Gasteiger partial charge in [-0.3, -0.25) is 9.55 Å². The van der Waals surface area contributed by atoms with Gasteiger partial charge < -0.3 is 4.57 Å². The minimum absolute atomic E-state index is 0.648. The van der Waals surface area contributed by atoms with Crippen LogP contribution in [0.5, 0.6) is 0 Å². The van der Waals surface area contributed by atoms with Crippen molar-refractivity contribution in [2.75, 3.05) is 0 Å². The monoisotopic (exact) mass is 643 g/mol. The molecular weight excluding hydrogens is 619 g/mol. The number of thiophene rings is 1. The van der Waals surface area contributed by atoms with Gasteiger partial charge in [0.2, 0.25) is 5.95 Å². The quantitative estimate of drug-likeness (QED) is 0.180. The number of hydrogen-bond donors (Lipinski definition) is 0. The highest BCUT2D eigenvalue weighted by Gasteiger charge is 2.24. The van der Waals surface area contributed by atoms with Crippen molar-refractivity contribution in [2.45, 2.75) is 0 Å². The van der Waals surface area contributed by atoms with E-state index in [4.69, 9.17) is 15.0 Å². The molecule has 0 radical (unpaired) electrons. The maximum atomic E-state index is 5.41. The summed E-state index contributed by atoms with van der Waals surface area (Å²) < 4.78 is 7.21. The van der Waals surface area contributed by atoms with Gasteiger partial charge in [-0.15, -0.1) is 11.3 Å². The first kappa shape index (κ1) is 26.7. The van der Waals surface area contributed by atoms with Crippen LogP contribution in [0.1, 0.15) is 0 Å². The van der Waals surface area contributed by atoms with E-state index in [1.54, 1.807) is 0 Å². The summed E-state index contributed by atoms with van der Waals surface area (Å²) in [5.41, 5.74) is 9.51. The smallest absolute Gasteiger partial charge is 0.235 e. The molecular formula is C43H25N5S. The SMILES string of the molecule is c1ccc(-c2nc(-n3c4ccccc4c4ccc5c(sc6c7ccccc7n(-c7ccccc7)c56)c43)nc3c2cnc2ccccc23)cc1. The molecule has 0 aliphatic heterocycles. The van der Waals surface area contributed by atoms with Crippen LogP contribution in [0.15, 0.2) is 152 Å². The number of benzene rings is 6. The highest BCUT2D eigenvalue weighted by atomic mass is 32.1. The zero-order valence-corrected chi connectivity index (χ0v) is 26.9. The standard InChI is InChI=1S/C43H25N5S/c1-3-13-26(14-4-1)37-33-25-44-34-20-10-7-18-30(34)38(33)46-43(45-37)48-35-21-11-8-17-28(35)29-23-24-32-40-41(49-42(32)39(29)48)31-19-9-12-22-36(31)47(40)27-15-5-2-6-16-27/h1-25H. The van der Waals surface area contributed by atoms with Crippen LogP contribution in [-0.4, -0.2) is 24.1 Å². The Morgan fingerprint density at radius 3 is 1.88 bits per heavy atom. The number of pyridine rings is 1. The van der Waals surface area contributed by atoms with Gasteiger partial charge in [0.25, 0.3) is 0 Å². The Balaban J connectivity index is 1.32. The lowest BCUT2D eigenvalue weighted by atomic mass is 10.1. The van der Waals surface area contributed by atoms with Gasteiger partial charge in [-0.25, -0.2) is 9.97 Å². The van der Waals surface area contributed by atoms with Crippen LogP contribution in [0, 0.1) is 0 Å². The molecule has 6 heteroatoms. The zero-order valence-electron chi connectivity index (χ0n) is 26.1. The van der Waals surface area contributed by atoms with Gasteiger partial charge >= 0.3 is 0 Å². The minimum atomic E-state index is 0.648. The maximum absolute atomic E-state index is 5.41. The summed E-state index contributed by atoms with van der Waals surface area (Å²) in [4.78, 5) is 15.6. The van der Waals surface area contributed by atoms with Gasteiger partial charge in [0.15, 0.2) is 0 Å². The number of para-hydroxylation sites is 4. The van der Waals surface area contributed by atoms with Crippen molar-refractivity contribution >= 4 is 86.2 Å². The van der Waals surface area contributed by atoms with E-state index >= 15 is 0 Å². The second kappa shape index (κ2) is 10.1. The van der Waals surface area contributed by atoms with Crippen LogP contribution in [0.4, 0.5) is 0 Å². The van der Waals surface area contributed by atoms with Gasteiger partial charge in [0.05, 0.1) is 48.2 Å². The van der Waals surface area contributed by atoms with E-state index in [0.717, 1.165) is 49.8 Å². The fourth-order valence-corrected chi connectivity index (χ4v) is 9.01. The molecule has 0 saturated heterocycles. The van der Waals surface area contributed by atoms with Gasteiger partial charge in [-0.1, -0.05) is 115 Å². The Morgan fingerprint density at radius 2 is 1.06 bits per heavy atom. The second-order valence-corrected chi connectivity index (χ2v) is 13.5. The van der Waals surface area contributed by atoms with Gasteiger partial charge in [0.1, 0.15) is 0 Å². The molecule has 228 valence electrons. The second-order valence-electron chi connectivity index (χ2n) is 12.4. The Morgan fingerprint density at radius 1 is 0.449 bits per heavy atom. The lowest BCUT2D eigenvalue weighted by Gasteiger charge is -2.13. The summed E-state index contributed by atoms with van der Waals surface area (Å²) >= 11 is 1.86. The summed E-state index contributed by atoms with van der Waals surface area (Å²) in [5, 5.41) is 6.78. The predicted molar refractivity (Wildman–Crippen MR) is 204 cm³/mol. The molecule has 11 rings (SSSR count). The van der Waals surface area contributed by atoms with Crippen molar-refractivity contribution in [3.8, 4) is 22.9 Å². The van der Waals surface area contributed by atoms with Crippen LogP contribution in [0.3, 0.4) is 0 Å². The van der Waals surface area contributed by atoms with Crippen molar-refractivity contribution in [3.05, 3.63) is 152 Å². The number of rotatable bonds is 3. The molecule has 6 aromatic carbocycles. The number of aromatic nitrogens is 5. The Hall–Kier alpha value is -6.37. The first-order chi connectivity index (χ1) is 24.3. The Bertz CT molecular complexity index is 3100. The molecule has 5 nitrogen and oxygen atoms in total. The van der Waals surface area contributed by atoms with Crippen LogP contribution in [0.25, 0.3) is 97.7 Å². The van der Waals surface area contributed by atoms with Crippen LogP contribution >= 0.6 is 11.3 Å². The van der Waals surface area contributed by atoms with Crippen molar-refractivity contribution < 1.29 is 0 Å². The Kier molecular flexibility index (Phi) is 5.48. The van der Waals surface area contributed by atoms with E-state index in [-0.39, 0.29) is 0 Å². The molecule has 0 atom stereocenters. The van der Waals surface area contributed by atoms with E-state index in [1.807, 2.05) is 35.7 Å². The molecule has 0 bridgehead atoms. The molecule has 0 spiro atoms. The lowest BCUT2D eigenvalue weighted by Crippen LogP contribution is -2.04. The van der Waals surface area contributed by atoms with Crippen molar-refractivity contribution in [2.24, 2.45) is 0 Å². The van der Waals surface area contributed by atoms with E-state index in [0.29, 0.717) is 5.95 Å². The molecule has 0 aliphatic rings. The molecule has 0 N–H and O–H groups in total.